The van der Waals surface area contributed by atoms with Crippen LogP contribution in [0.25, 0.3) is 6.08 Å². The van der Waals surface area contributed by atoms with Crippen LogP contribution < -0.4 is 10.2 Å². The lowest BCUT2D eigenvalue weighted by atomic mass is 9.75. The van der Waals surface area contributed by atoms with Crippen molar-refractivity contribution in [2.75, 3.05) is 11.4 Å². The standard InChI is InChI=1S/C20H18Cl2N2O/c1-19(2)14-7-3-4-9-16(14)24-12-17(25)23-20(19,24)11-10-13-6-5-8-15(21)18(13)22/h3-11H,12H2,1-2H3,(H,23,25). The van der Waals surface area contributed by atoms with E-state index >= 15 is 0 Å². The van der Waals surface area contributed by atoms with Crippen LogP contribution in [0.4, 0.5) is 5.69 Å². The highest BCUT2D eigenvalue weighted by Crippen LogP contribution is 2.52. The number of hydrogen-bond acceptors (Lipinski definition) is 2. The maximum absolute atomic E-state index is 12.3. The molecule has 2 aromatic rings. The van der Waals surface area contributed by atoms with Crippen molar-refractivity contribution in [1.29, 1.82) is 0 Å². The van der Waals surface area contributed by atoms with Gasteiger partial charge in [0.05, 0.1) is 16.6 Å². The Balaban J connectivity index is 1.85. The summed E-state index contributed by atoms with van der Waals surface area (Å²) in [5.41, 5.74) is 2.22. The number of rotatable bonds is 2. The van der Waals surface area contributed by atoms with Gasteiger partial charge < -0.3 is 10.2 Å². The average molecular weight is 373 g/mol. The van der Waals surface area contributed by atoms with Gasteiger partial charge in [-0.3, -0.25) is 4.79 Å². The van der Waals surface area contributed by atoms with Crippen LogP contribution in [0.1, 0.15) is 25.0 Å². The summed E-state index contributed by atoms with van der Waals surface area (Å²) in [6, 6.07) is 13.8. The molecule has 0 saturated carbocycles. The van der Waals surface area contributed by atoms with Crippen molar-refractivity contribution in [2.45, 2.75) is 24.9 Å². The lowest BCUT2D eigenvalue weighted by Gasteiger charge is -2.40. The van der Waals surface area contributed by atoms with Crippen LogP contribution in [0.3, 0.4) is 0 Å². The number of halogens is 2. The van der Waals surface area contributed by atoms with Crippen molar-refractivity contribution in [1.82, 2.24) is 5.32 Å². The summed E-state index contributed by atoms with van der Waals surface area (Å²) in [5.74, 6) is 0.0180. The Morgan fingerprint density at radius 3 is 2.68 bits per heavy atom. The average Bonchev–Trinajstić information content (AvgIpc) is 3.01. The Hall–Kier alpha value is -1.97. The van der Waals surface area contributed by atoms with Crippen molar-refractivity contribution in [3.8, 4) is 0 Å². The minimum Gasteiger partial charge on any atom is -0.335 e. The van der Waals surface area contributed by atoms with Crippen molar-refractivity contribution in [3.05, 3.63) is 69.7 Å². The van der Waals surface area contributed by atoms with Gasteiger partial charge >= 0.3 is 0 Å². The maximum Gasteiger partial charge on any atom is 0.241 e. The smallest absolute Gasteiger partial charge is 0.241 e. The lowest BCUT2D eigenvalue weighted by molar-refractivity contribution is -0.118. The van der Waals surface area contributed by atoms with E-state index < -0.39 is 5.66 Å². The van der Waals surface area contributed by atoms with E-state index in [2.05, 4.69) is 36.2 Å². The minimum atomic E-state index is -0.626. The fraction of sp³-hybridized carbons (Fsp3) is 0.250. The minimum absolute atomic E-state index is 0.0180. The summed E-state index contributed by atoms with van der Waals surface area (Å²) in [5, 5.41) is 4.23. The summed E-state index contributed by atoms with van der Waals surface area (Å²) < 4.78 is 0. The number of nitrogens with one attached hydrogen (secondary N) is 1. The zero-order valence-corrected chi connectivity index (χ0v) is 15.5. The molecule has 2 aliphatic heterocycles. The van der Waals surface area contributed by atoms with Gasteiger partial charge in [-0.15, -0.1) is 0 Å². The predicted molar refractivity (Wildman–Crippen MR) is 103 cm³/mol. The zero-order valence-electron chi connectivity index (χ0n) is 14.0. The predicted octanol–water partition coefficient (Wildman–Crippen LogP) is 4.63. The molecule has 4 rings (SSSR count). The van der Waals surface area contributed by atoms with Gasteiger partial charge in [0.15, 0.2) is 0 Å². The fourth-order valence-electron chi connectivity index (χ4n) is 4.00. The number of fused-ring (bicyclic) bond motifs is 3. The van der Waals surface area contributed by atoms with Crippen LogP contribution in [0.2, 0.25) is 10.0 Å². The molecule has 25 heavy (non-hydrogen) atoms. The molecular weight excluding hydrogens is 355 g/mol. The van der Waals surface area contributed by atoms with Crippen LogP contribution in [-0.2, 0) is 10.2 Å². The van der Waals surface area contributed by atoms with E-state index in [1.165, 1.54) is 5.56 Å². The summed E-state index contributed by atoms with van der Waals surface area (Å²) in [6.45, 7) is 4.65. The molecule has 5 heteroatoms. The Morgan fingerprint density at radius 1 is 1.12 bits per heavy atom. The molecule has 1 amide bonds. The molecule has 2 heterocycles. The summed E-state index contributed by atoms with van der Waals surface area (Å²) in [4.78, 5) is 14.4. The second kappa shape index (κ2) is 5.52. The van der Waals surface area contributed by atoms with Gasteiger partial charge in [-0.05, 0) is 29.3 Å². The molecule has 1 unspecified atom stereocenters. The first-order valence-electron chi connectivity index (χ1n) is 8.18. The third kappa shape index (κ3) is 2.22. The Labute approximate surface area is 157 Å². The van der Waals surface area contributed by atoms with E-state index in [4.69, 9.17) is 23.2 Å². The first-order valence-corrected chi connectivity index (χ1v) is 8.94. The van der Waals surface area contributed by atoms with E-state index in [1.807, 2.05) is 36.4 Å². The molecule has 2 aliphatic rings. The second-order valence-electron chi connectivity index (χ2n) is 7.02. The summed E-state index contributed by atoms with van der Waals surface area (Å²) >= 11 is 12.4. The van der Waals surface area contributed by atoms with Crippen molar-refractivity contribution in [2.24, 2.45) is 0 Å². The first kappa shape index (κ1) is 16.5. The van der Waals surface area contributed by atoms with Gasteiger partial charge in [-0.25, -0.2) is 0 Å². The quantitative estimate of drug-likeness (QED) is 0.833. The number of anilines is 1. The fourth-order valence-corrected chi connectivity index (χ4v) is 4.37. The van der Waals surface area contributed by atoms with Crippen LogP contribution in [0.5, 0.6) is 0 Å². The molecule has 1 saturated heterocycles. The highest BCUT2D eigenvalue weighted by atomic mass is 35.5. The van der Waals surface area contributed by atoms with Crippen molar-refractivity contribution >= 4 is 40.9 Å². The zero-order chi connectivity index (χ0) is 17.8. The van der Waals surface area contributed by atoms with Gasteiger partial charge in [0.25, 0.3) is 0 Å². The topological polar surface area (TPSA) is 32.3 Å². The second-order valence-corrected chi connectivity index (χ2v) is 7.80. The van der Waals surface area contributed by atoms with Gasteiger partial charge in [-0.1, -0.05) is 73.5 Å². The van der Waals surface area contributed by atoms with Crippen LogP contribution in [0, 0.1) is 0 Å². The molecule has 128 valence electrons. The van der Waals surface area contributed by atoms with Crippen LogP contribution >= 0.6 is 23.2 Å². The monoisotopic (exact) mass is 372 g/mol. The van der Waals surface area contributed by atoms with Gasteiger partial charge in [0.1, 0.15) is 5.66 Å². The molecule has 0 aliphatic carbocycles. The maximum atomic E-state index is 12.3. The van der Waals surface area contributed by atoms with Gasteiger partial charge in [0, 0.05) is 11.1 Å². The molecule has 0 bridgehead atoms. The summed E-state index contributed by atoms with van der Waals surface area (Å²) in [6.07, 6.45) is 3.98. The molecule has 1 fully saturated rings. The number of benzene rings is 2. The Kier molecular flexibility index (Phi) is 3.64. The van der Waals surface area contributed by atoms with E-state index in [1.54, 1.807) is 6.07 Å². The molecule has 1 N–H and O–H groups in total. The number of amides is 1. The molecule has 1 atom stereocenters. The number of carbonyl (C=O) groups excluding carboxylic acids is 1. The third-order valence-electron chi connectivity index (χ3n) is 5.36. The lowest BCUT2D eigenvalue weighted by Crippen LogP contribution is -2.58. The summed E-state index contributed by atoms with van der Waals surface area (Å²) in [7, 11) is 0. The number of carbonyl (C=O) groups is 1. The molecule has 3 nitrogen and oxygen atoms in total. The normalized spacial score (nSPS) is 23.7. The number of para-hydroxylation sites is 1. The first-order chi connectivity index (χ1) is 11.9. The van der Waals surface area contributed by atoms with E-state index in [0.717, 1.165) is 11.3 Å². The van der Waals surface area contributed by atoms with Crippen LogP contribution in [0.15, 0.2) is 48.5 Å². The number of nitrogens with zero attached hydrogens (tertiary/aromatic N) is 1. The van der Waals surface area contributed by atoms with Crippen molar-refractivity contribution in [3.63, 3.8) is 0 Å². The molecule has 0 radical (unpaired) electrons. The van der Waals surface area contributed by atoms with E-state index in [-0.39, 0.29) is 11.3 Å². The van der Waals surface area contributed by atoms with Gasteiger partial charge in [-0.2, -0.15) is 0 Å². The Morgan fingerprint density at radius 2 is 1.88 bits per heavy atom. The number of hydrogen-bond donors (Lipinski definition) is 1. The van der Waals surface area contributed by atoms with Crippen LogP contribution in [-0.4, -0.2) is 18.1 Å². The Bertz CT molecular complexity index is 906. The highest BCUT2D eigenvalue weighted by Gasteiger charge is 2.59. The molecule has 2 aromatic carbocycles. The van der Waals surface area contributed by atoms with Gasteiger partial charge in [0.2, 0.25) is 5.91 Å². The molecule has 0 aromatic heterocycles. The molecular formula is C20H18Cl2N2O. The largest absolute Gasteiger partial charge is 0.335 e. The van der Waals surface area contributed by atoms with E-state index in [0.29, 0.717) is 16.6 Å². The SMILES string of the molecule is CC1(C)c2ccccc2N2CC(=O)NC21C=Cc1cccc(Cl)c1Cl. The highest BCUT2D eigenvalue weighted by molar-refractivity contribution is 6.42. The molecule has 0 spiro atoms. The third-order valence-corrected chi connectivity index (χ3v) is 6.20. The van der Waals surface area contributed by atoms with Crippen molar-refractivity contribution < 1.29 is 4.79 Å². The van der Waals surface area contributed by atoms with E-state index in [9.17, 15) is 4.79 Å².